The fourth-order valence-corrected chi connectivity index (χ4v) is 1.88. The molecular formula is C14H19N3O3. The number of carbonyl (C=O) groups excluding carboxylic acids is 1. The van der Waals surface area contributed by atoms with Gasteiger partial charge in [0, 0.05) is 19.0 Å². The minimum Gasteiger partial charge on any atom is -0.397 e. The first-order chi connectivity index (χ1) is 9.72. The number of aromatic amines is 1. The predicted octanol–water partition coefficient (Wildman–Crippen LogP) is 1.14. The maximum atomic E-state index is 12.0. The minimum atomic E-state index is -0.170. The monoisotopic (exact) mass is 277 g/mol. The zero-order valence-corrected chi connectivity index (χ0v) is 11.4. The minimum absolute atomic E-state index is 0.170. The van der Waals surface area contributed by atoms with Crippen LogP contribution in [0.3, 0.4) is 0 Å². The molecule has 2 rings (SSSR count). The molecule has 4 N–H and O–H groups in total. The number of para-hydroxylation sites is 1. The second-order valence-electron chi connectivity index (χ2n) is 4.36. The van der Waals surface area contributed by atoms with Gasteiger partial charge in [0.1, 0.15) is 5.69 Å². The molecule has 0 fully saturated rings. The van der Waals surface area contributed by atoms with E-state index in [9.17, 15) is 4.79 Å². The van der Waals surface area contributed by atoms with Crippen molar-refractivity contribution in [3.8, 4) is 0 Å². The van der Waals surface area contributed by atoms with E-state index < -0.39 is 0 Å². The number of hydrogen-bond acceptors (Lipinski definition) is 4. The third-order valence-corrected chi connectivity index (χ3v) is 2.90. The number of nitrogens with two attached hydrogens (primary N) is 1. The summed E-state index contributed by atoms with van der Waals surface area (Å²) in [5, 5.41) is 3.70. The van der Waals surface area contributed by atoms with E-state index in [2.05, 4.69) is 10.3 Å². The van der Waals surface area contributed by atoms with Gasteiger partial charge in [-0.1, -0.05) is 12.1 Å². The molecule has 20 heavy (non-hydrogen) atoms. The van der Waals surface area contributed by atoms with Crippen molar-refractivity contribution in [3.63, 3.8) is 0 Å². The Balaban J connectivity index is 1.86. The molecule has 1 aromatic carbocycles. The van der Waals surface area contributed by atoms with Crippen LogP contribution in [0.4, 0.5) is 5.69 Å². The van der Waals surface area contributed by atoms with E-state index in [0.29, 0.717) is 37.7 Å². The van der Waals surface area contributed by atoms with E-state index in [1.807, 2.05) is 12.1 Å². The number of carbonyl (C=O) groups is 1. The van der Waals surface area contributed by atoms with Crippen LogP contribution in [-0.2, 0) is 9.47 Å². The number of methoxy groups -OCH3 is 1. The van der Waals surface area contributed by atoms with Crippen molar-refractivity contribution < 1.29 is 14.3 Å². The second kappa shape index (κ2) is 6.93. The van der Waals surface area contributed by atoms with Gasteiger partial charge in [0.25, 0.3) is 5.91 Å². The highest BCUT2D eigenvalue weighted by Gasteiger charge is 2.09. The number of nitrogen functional groups attached to an aromatic ring is 1. The van der Waals surface area contributed by atoms with Crippen LogP contribution in [0.5, 0.6) is 0 Å². The van der Waals surface area contributed by atoms with Crippen molar-refractivity contribution in [2.24, 2.45) is 0 Å². The molecule has 0 bridgehead atoms. The van der Waals surface area contributed by atoms with Crippen molar-refractivity contribution in [1.29, 1.82) is 0 Å². The van der Waals surface area contributed by atoms with Crippen molar-refractivity contribution >= 4 is 22.5 Å². The van der Waals surface area contributed by atoms with Crippen LogP contribution < -0.4 is 11.1 Å². The Labute approximate surface area is 117 Å². The standard InChI is InChI=1S/C14H19N3O3/c1-19-7-8-20-6-5-16-14(18)12-9-10-3-2-4-11(15)13(10)17-12/h2-4,9,17H,5-8,15H2,1H3,(H,16,18). The number of hydrogen-bond donors (Lipinski definition) is 3. The molecule has 1 heterocycles. The quantitative estimate of drug-likeness (QED) is 0.523. The van der Waals surface area contributed by atoms with Gasteiger partial charge in [0.2, 0.25) is 0 Å². The predicted molar refractivity (Wildman–Crippen MR) is 77.7 cm³/mol. The molecule has 0 aliphatic rings. The van der Waals surface area contributed by atoms with Gasteiger partial charge in [-0.15, -0.1) is 0 Å². The molecule has 0 saturated carbocycles. The lowest BCUT2D eigenvalue weighted by Gasteiger charge is -2.05. The van der Waals surface area contributed by atoms with E-state index in [4.69, 9.17) is 15.2 Å². The number of fused-ring (bicyclic) bond motifs is 1. The highest BCUT2D eigenvalue weighted by molar-refractivity contribution is 6.00. The van der Waals surface area contributed by atoms with Gasteiger partial charge in [-0.2, -0.15) is 0 Å². The zero-order chi connectivity index (χ0) is 14.4. The lowest BCUT2D eigenvalue weighted by Crippen LogP contribution is -2.27. The first-order valence-corrected chi connectivity index (χ1v) is 6.44. The average Bonchev–Trinajstić information content (AvgIpc) is 2.88. The molecule has 0 saturated heterocycles. The highest BCUT2D eigenvalue weighted by atomic mass is 16.5. The summed E-state index contributed by atoms with van der Waals surface area (Å²) in [4.78, 5) is 15.0. The van der Waals surface area contributed by atoms with Crippen LogP contribution in [0.1, 0.15) is 10.5 Å². The van der Waals surface area contributed by atoms with Crippen molar-refractivity contribution in [3.05, 3.63) is 30.0 Å². The Kier molecular flexibility index (Phi) is 4.97. The zero-order valence-electron chi connectivity index (χ0n) is 11.4. The Hall–Kier alpha value is -2.05. The van der Waals surface area contributed by atoms with Crippen molar-refractivity contribution in [2.45, 2.75) is 0 Å². The summed E-state index contributed by atoms with van der Waals surface area (Å²) in [5.41, 5.74) is 7.75. The summed E-state index contributed by atoms with van der Waals surface area (Å²) < 4.78 is 10.1. The van der Waals surface area contributed by atoms with E-state index >= 15 is 0 Å². The van der Waals surface area contributed by atoms with Crippen molar-refractivity contribution in [1.82, 2.24) is 10.3 Å². The summed E-state index contributed by atoms with van der Waals surface area (Å²) in [7, 11) is 1.62. The first kappa shape index (κ1) is 14.4. The molecular weight excluding hydrogens is 258 g/mol. The molecule has 0 spiro atoms. The summed E-state index contributed by atoms with van der Waals surface area (Å²) in [5.74, 6) is -0.170. The number of nitrogens with one attached hydrogen (secondary N) is 2. The maximum Gasteiger partial charge on any atom is 0.267 e. The van der Waals surface area contributed by atoms with Crippen LogP contribution >= 0.6 is 0 Å². The van der Waals surface area contributed by atoms with Crippen LogP contribution in [-0.4, -0.2) is 44.4 Å². The number of benzene rings is 1. The molecule has 0 atom stereocenters. The van der Waals surface area contributed by atoms with Crippen molar-refractivity contribution in [2.75, 3.05) is 39.2 Å². The van der Waals surface area contributed by atoms with Gasteiger partial charge in [-0.05, 0) is 12.1 Å². The topological polar surface area (TPSA) is 89.4 Å². The molecule has 6 nitrogen and oxygen atoms in total. The van der Waals surface area contributed by atoms with E-state index in [-0.39, 0.29) is 5.91 Å². The Morgan fingerprint density at radius 2 is 2.20 bits per heavy atom. The smallest absolute Gasteiger partial charge is 0.267 e. The Morgan fingerprint density at radius 1 is 1.35 bits per heavy atom. The molecule has 0 unspecified atom stereocenters. The maximum absolute atomic E-state index is 12.0. The van der Waals surface area contributed by atoms with Crippen LogP contribution in [0, 0.1) is 0 Å². The van der Waals surface area contributed by atoms with Gasteiger partial charge in [0.15, 0.2) is 0 Å². The number of rotatable bonds is 7. The summed E-state index contributed by atoms with van der Waals surface area (Å²) in [6, 6.07) is 7.35. The molecule has 6 heteroatoms. The van der Waals surface area contributed by atoms with Crippen LogP contribution in [0.2, 0.25) is 0 Å². The van der Waals surface area contributed by atoms with Gasteiger partial charge in [-0.3, -0.25) is 4.79 Å². The van der Waals surface area contributed by atoms with Gasteiger partial charge in [-0.25, -0.2) is 0 Å². The molecule has 0 radical (unpaired) electrons. The Bertz CT molecular complexity index is 580. The third-order valence-electron chi connectivity index (χ3n) is 2.90. The highest BCUT2D eigenvalue weighted by Crippen LogP contribution is 2.20. The molecule has 108 valence electrons. The van der Waals surface area contributed by atoms with Gasteiger partial charge in [0.05, 0.1) is 31.0 Å². The molecule has 0 aliphatic heterocycles. The summed E-state index contributed by atoms with van der Waals surface area (Å²) in [6.07, 6.45) is 0. The lowest BCUT2D eigenvalue weighted by atomic mass is 10.2. The van der Waals surface area contributed by atoms with Crippen LogP contribution in [0.25, 0.3) is 10.9 Å². The van der Waals surface area contributed by atoms with Crippen LogP contribution in [0.15, 0.2) is 24.3 Å². The van der Waals surface area contributed by atoms with E-state index in [0.717, 1.165) is 10.9 Å². The first-order valence-electron chi connectivity index (χ1n) is 6.44. The van der Waals surface area contributed by atoms with Gasteiger partial charge < -0.3 is 25.5 Å². The fraction of sp³-hybridized carbons (Fsp3) is 0.357. The second-order valence-corrected chi connectivity index (χ2v) is 4.36. The Morgan fingerprint density at radius 3 is 2.95 bits per heavy atom. The van der Waals surface area contributed by atoms with E-state index in [1.165, 1.54) is 0 Å². The lowest BCUT2D eigenvalue weighted by molar-refractivity contribution is 0.0692. The third kappa shape index (κ3) is 3.49. The largest absolute Gasteiger partial charge is 0.397 e. The SMILES string of the molecule is COCCOCCNC(=O)c1cc2cccc(N)c2[nH]1. The number of aromatic nitrogens is 1. The molecule has 0 aliphatic carbocycles. The number of amides is 1. The number of ether oxygens (including phenoxy) is 2. The fourth-order valence-electron chi connectivity index (χ4n) is 1.88. The number of anilines is 1. The summed E-state index contributed by atoms with van der Waals surface area (Å²) >= 11 is 0. The van der Waals surface area contributed by atoms with Gasteiger partial charge >= 0.3 is 0 Å². The molecule has 2 aromatic rings. The number of H-pyrrole nitrogens is 1. The molecule has 1 aromatic heterocycles. The normalized spacial score (nSPS) is 10.8. The molecule has 1 amide bonds. The summed E-state index contributed by atoms with van der Waals surface area (Å²) in [6.45, 7) is 1.98. The average molecular weight is 277 g/mol. The van der Waals surface area contributed by atoms with E-state index in [1.54, 1.807) is 19.2 Å².